The number of amides is 1. The van der Waals surface area contributed by atoms with E-state index in [1.165, 1.54) is 6.92 Å². The van der Waals surface area contributed by atoms with Crippen LogP contribution in [0.25, 0.3) is 0 Å². The number of aromatic nitrogens is 1. The number of benzene rings is 1. The van der Waals surface area contributed by atoms with Crippen molar-refractivity contribution in [3.63, 3.8) is 0 Å². The number of hydrogen-bond donors (Lipinski definition) is 1. The summed E-state index contributed by atoms with van der Waals surface area (Å²) in [6.45, 7) is 1.82. The molecule has 1 aromatic carbocycles. The van der Waals surface area contributed by atoms with Gasteiger partial charge in [-0.05, 0) is 42.6 Å². The smallest absolute Gasteiger partial charge is 0.360 e. The highest BCUT2D eigenvalue weighted by Gasteiger charge is 2.24. The quantitative estimate of drug-likeness (QED) is 0.643. The summed E-state index contributed by atoms with van der Waals surface area (Å²) in [5.41, 5.74) is 0.859. The first kappa shape index (κ1) is 21.3. The van der Waals surface area contributed by atoms with Crippen molar-refractivity contribution in [1.82, 2.24) is 9.69 Å². The Bertz CT molecular complexity index is 828. The minimum atomic E-state index is -1.00. The van der Waals surface area contributed by atoms with Gasteiger partial charge in [0.05, 0.1) is 14.2 Å². The first-order valence-electron chi connectivity index (χ1n) is 7.87. The van der Waals surface area contributed by atoms with Crippen LogP contribution in [0.3, 0.4) is 0 Å². The van der Waals surface area contributed by atoms with Gasteiger partial charge in [-0.1, -0.05) is 29.3 Å². The number of esters is 1. The highest BCUT2D eigenvalue weighted by Crippen LogP contribution is 2.30. The summed E-state index contributed by atoms with van der Waals surface area (Å²) >= 11 is 12.5. The Labute approximate surface area is 170 Å². The average Bonchev–Trinajstić information content (AvgIpc) is 3.00. The third-order valence-corrected chi connectivity index (χ3v) is 5.22. The number of hydrogen-bond acceptors (Lipinski definition) is 7. The molecule has 27 heavy (non-hydrogen) atoms. The predicted octanol–water partition coefficient (Wildman–Crippen LogP) is 3.37. The second-order valence-electron chi connectivity index (χ2n) is 5.40. The van der Waals surface area contributed by atoms with Crippen LogP contribution in [-0.4, -0.2) is 43.1 Å². The number of carbonyl (C=O) groups excluding carboxylic acids is 2. The van der Waals surface area contributed by atoms with E-state index in [2.05, 4.69) is 9.69 Å². The Kier molecular flexibility index (Phi) is 7.70. The molecule has 10 heteroatoms. The molecule has 1 heterocycles. The van der Waals surface area contributed by atoms with E-state index < -0.39 is 18.0 Å². The zero-order valence-corrected chi connectivity index (χ0v) is 17.2. The number of nitrogens with one attached hydrogen (secondary N) is 1. The highest BCUT2D eigenvalue weighted by molar-refractivity contribution is 7.11. The number of nitrogens with zero attached hydrogens (tertiary/aromatic N) is 1. The largest absolute Gasteiger partial charge is 0.493 e. The van der Waals surface area contributed by atoms with Crippen LogP contribution in [0.4, 0.5) is 0 Å². The third kappa shape index (κ3) is 5.47. The fourth-order valence-electron chi connectivity index (χ4n) is 2.17. The molecule has 7 nitrogen and oxygen atoms in total. The van der Waals surface area contributed by atoms with Crippen LogP contribution in [0.5, 0.6) is 11.5 Å². The molecular weight excluding hydrogens is 415 g/mol. The van der Waals surface area contributed by atoms with Crippen LogP contribution < -0.4 is 14.8 Å². The normalized spacial score (nSPS) is 11.6. The zero-order chi connectivity index (χ0) is 20.0. The van der Waals surface area contributed by atoms with Gasteiger partial charge in [0.15, 0.2) is 23.3 Å². The second kappa shape index (κ2) is 9.77. The molecule has 0 unspecified atom stereocenters. The van der Waals surface area contributed by atoms with Crippen molar-refractivity contribution in [3.05, 3.63) is 38.8 Å². The lowest BCUT2D eigenvalue weighted by Gasteiger charge is -2.13. The monoisotopic (exact) mass is 432 g/mol. The van der Waals surface area contributed by atoms with Crippen molar-refractivity contribution >= 4 is 46.6 Å². The van der Waals surface area contributed by atoms with Crippen LogP contribution in [-0.2, 0) is 16.0 Å². The topological polar surface area (TPSA) is 86.8 Å². The van der Waals surface area contributed by atoms with Crippen molar-refractivity contribution in [3.8, 4) is 11.5 Å². The SMILES string of the molecule is COc1ccc(CCNC(=O)[C@H](C)OC(=O)c2nsc(Cl)c2Cl)cc1OC. The van der Waals surface area contributed by atoms with Crippen LogP contribution in [0, 0.1) is 0 Å². The number of halogens is 2. The summed E-state index contributed by atoms with van der Waals surface area (Å²) in [6.07, 6.45) is -0.431. The van der Waals surface area contributed by atoms with Gasteiger partial charge in [0.1, 0.15) is 9.36 Å². The molecule has 1 N–H and O–H groups in total. The average molecular weight is 433 g/mol. The van der Waals surface area contributed by atoms with Crippen molar-refractivity contribution in [2.24, 2.45) is 0 Å². The maximum absolute atomic E-state index is 12.1. The molecule has 0 aliphatic carbocycles. The number of methoxy groups -OCH3 is 2. The molecule has 0 bridgehead atoms. The summed E-state index contributed by atoms with van der Waals surface area (Å²) < 4.78 is 19.5. The predicted molar refractivity (Wildman–Crippen MR) is 103 cm³/mol. The molecule has 0 spiro atoms. The minimum absolute atomic E-state index is 0.0210. The van der Waals surface area contributed by atoms with Crippen molar-refractivity contribution in [2.45, 2.75) is 19.4 Å². The van der Waals surface area contributed by atoms with E-state index in [1.54, 1.807) is 20.3 Å². The Morgan fingerprint density at radius 2 is 1.93 bits per heavy atom. The maximum Gasteiger partial charge on any atom is 0.360 e. The molecular formula is C17H18Cl2N2O5S. The molecule has 1 atom stereocenters. The molecule has 0 saturated carbocycles. The van der Waals surface area contributed by atoms with Gasteiger partial charge in [0, 0.05) is 6.54 Å². The number of rotatable bonds is 8. The van der Waals surface area contributed by atoms with E-state index in [4.69, 9.17) is 37.4 Å². The first-order valence-corrected chi connectivity index (χ1v) is 9.40. The summed E-state index contributed by atoms with van der Waals surface area (Å²) in [7, 11) is 3.12. The van der Waals surface area contributed by atoms with Gasteiger partial charge in [-0.25, -0.2) is 4.79 Å². The van der Waals surface area contributed by atoms with Gasteiger partial charge in [-0.2, -0.15) is 4.37 Å². The van der Waals surface area contributed by atoms with Crippen LogP contribution in [0.2, 0.25) is 9.36 Å². The Morgan fingerprint density at radius 3 is 2.52 bits per heavy atom. The van der Waals surface area contributed by atoms with Crippen molar-refractivity contribution in [2.75, 3.05) is 20.8 Å². The summed E-state index contributed by atoms with van der Waals surface area (Å²) in [5, 5.41) is 2.73. The van der Waals surface area contributed by atoms with E-state index in [0.29, 0.717) is 24.5 Å². The van der Waals surface area contributed by atoms with E-state index in [9.17, 15) is 9.59 Å². The maximum atomic E-state index is 12.1. The van der Waals surface area contributed by atoms with Crippen LogP contribution in [0.1, 0.15) is 23.0 Å². The van der Waals surface area contributed by atoms with Crippen molar-refractivity contribution < 1.29 is 23.8 Å². The van der Waals surface area contributed by atoms with Gasteiger partial charge in [0.2, 0.25) is 0 Å². The van der Waals surface area contributed by atoms with E-state index in [0.717, 1.165) is 17.1 Å². The van der Waals surface area contributed by atoms with Gasteiger partial charge in [-0.3, -0.25) is 4.79 Å². The molecule has 0 aliphatic rings. The zero-order valence-electron chi connectivity index (χ0n) is 14.9. The van der Waals surface area contributed by atoms with Crippen LogP contribution >= 0.6 is 34.7 Å². The van der Waals surface area contributed by atoms with Gasteiger partial charge in [0.25, 0.3) is 5.91 Å². The molecule has 146 valence electrons. The number of carbonyl (C=O) groups is 2. The molecule has 2 aromatic rings. The lowest BCUT2D eigenvalue weighted by atomic mass is 10.1. The van der Waals surface area contributed by atoms with Crippen LogP contribution in [0.15, 0.2) is 18.2 Å². The van der Waals surface area contributed by atoms with E-state index in [1.807, 2.05) is 12.1 Å². The van der Waals surface area contributed by atoms with Gasteiger partial charge >= 0.3 is 5.97 Å². The minimum Gasteiger partial charge on any atom is -0.493 e. The van der Waals surface area contributed by atoms with Gasteiger partial charge < -0.3 is 19.5 Å². The third-order valence-electron chi connectivity index (χ3n) is 3.60. The Balaban J connectivity index is 1.84. The molecule has 1 aromatic heterocycles. The van der Waals surface area contributed by atoms with E-state index >= 15 is 0 Å². The summed E-state index contributed by atoms with van der Waals surface area (Å²) in [4.78, 5) is 24.1. The highest BCUT2D eigenvalue weighted by atomic mass is 35.5. The fraction of sp³-hybridized carbons (Fsp3) is 0.353. The molecule has 0 fully saturated rings. The lowest BCUT2D eigenvalue weighted by Crippen LogP contribution is -2.37. The summed E-state index contributed by atoms with van der Waals surface area (Å²) in [5.74, 6) is 0.0148. The second-order valence-corrected chi connectivity index (χ2v) is 7.15. The van der Waals surface area contributed by atoms with Crippen molar-refractivity contribution in [1.29, 1.82) is 0 Å². The molecule has 0 radical (unpaired) electrons. The summed E-state index contributed by atoms with van der Waals surface area (Å²) in [6, 6.07) is 5.51. The molecule has 0 aliphatic heterocycles. The molecule has 0 saturated heterocycles. The Morgan fingerprint density at radius 1 is 1.22 bits per heavy atom. The standard InChI is InChI=1S/C17H18Cl2N2O5S/c1-9(26-17(23)14-13(18)15(19)27-21-14)16(22)20-7-6-10-4-5-11(24-2)12(8-10)25-3/h4-5,8-9H,6-7H2,1-3H3,(H,20,22)/t9-/m0/s1. The number of ether oxygens (including phenoxy) is 3. The van der Waals surface area contributed by atoms with Gasteiger partial charge in [-0.15, -0.1) is 0 Å². The first-order chi connectivity index (χ1) is 12.9. The lowest BCUT2D eigenvalue weighted by molar-refractivity contribution is -0.129. The molecule has 2 rings (SSSR count). The fourth-order valence-corrected chi connectivity index (χ4v) is 3.15. The Hall–Kier alpha value is -2.03. The van der Waals surface area contributed by atoms with E-state index in [-0.39, 0.29) is 15.1 Å². The molecule has 1 amide bonds.